The number of amides is 2. The summed E-state index contributed by atoms with van der Waals surface area (Å²) < 4.78 is 1.79. The lowest BCUT2D eigenvalue weighted by atomic mass is 10.2. The molecule has 2 aromatic rings. The van der Waals surface area contributed by atoms with E-state index in [1.807, 2.05) is 30.5 Å². The second kappa shape index (κ2) is 5.92. The Bertz CT molecular complexity index is 692. The average molecular weight is 318 g/mol. The molecule has 0 bridgehead atoms. The number of thiophene rings is 1. The first-order valence-electron chi connectivity index (χ1n) is 7.23. The standard InChI is InChI=1S/C15H18N4O2S/c1-10-8-13-18(17-10)6-5-14(20)19(13)11(2)15(21)16-9-12-4-3-7-22-12/h3-4,7-8,11H,5-6,9H2,1-2H3,(H,16,21)/t11-/m1/s1. The molecule has 6 nitrogen and oxygen atoms in total. The fraction of sp³-hybridized carbons (Fsp3) is 0.400. The molecule has 0 fully saturated rings. The Balaban J connectivity index is 1.74. The first-order valence-corrected chi connectivity index (χ1v) is 8.11. The van der Waals surface area contributed by atoms with Crippen LogP contribution in [-0.2, 0) is 22.7 Å². The van der Waals surface area contributed by atoms with Crippen LogP contribution in [-0.4, -0.2) is 27.6 Å². The molecule has 0 unspecified atom stereocenters. The third-order valence-electron chi connectivity index (χ3n) is 3.72. The minimum absolute atomic E-state index is 0.0360. The van der Waals surface area contributed by atoms with E-state index in [9.17, 15) is 9.59 Å². The summed E-state index contributed by atoms with van der Waals surface area (Å²) in [4.78, 5) is 27.3. The van der Waals surface area contributed by atoms with Crippen LogP contribution >= 0.6 is 11.3 Å². The smallest absolute Gasteiger partial charge is 0.243 e. The van der Waals surface area contributed by atoms with Crippen LogP contribution in [0.15, 0.2) is 23.6 Å². The Morgan fingerprint density at radius 1 is 1.55 bits per heavy atom. The number of aryl methyl sites for hydroxylation is 2. The van der Waals surface area contributed by atoms with Gasteiger partial charge < -0.3 is 5.32 Å². The molecule has 0 spiro atoms. The Hall–Kier alpha value is -2.15. The maximum atomic E-state index is 12.4. The normalized spacial score (nSPS) is 15.5. The number of rotatable bonds is 4. The van der Waals surface area contributed by atoms with Crippen molar-refractivity contribution in [3.63, 3.8) is 0 Å². The zero-order valence-electron chi connectivity index (χ0n) is 12.6. The highest BCUT2D eigenvalue weighted by atomic mass is 32.1. The summed E-state index contributed by atoms with van der Waals surface area (Å²) in [6, 6.07) is 5.22. The number of fused-ring (bicyclic) bond motifs is 1. The summed E-state index contributed by atoms with van der Waals surface area (Å²) in [5, 5.41) is 9.22. The van der Waals surface area contributed by atoms with E-state index in [4.69, 9.17) is 0 Å². The predicted octanol–water partition coefficient (Wildman–Crippen LogP) is 1.69. The summed E-state index contributed by atoms with van der Waals surface area (Å²) >= 11 is 1.60. The lowest BCUT2D eigenvalue weighted by Crippen LogP contribution is -2.50. The second-order valence-corrected chi connectivity index (χ2v) is 6.39. The molecule has 0 saturated heterocycles. The zero-order chi connectivity index (χ0) is 15.7. The van der Waals surface area contributed by atoms with Gasteiger partial charge in [0, 0.05) is 17.4 Å². The van der Waals surface area contributed by atoms with E-state index in [1.165, 1.54) is 0 Å². The minimum Gasteiger partial charge on any atom is -0.349 e. The molecular weight excluding hydrogens is 300 g/mol. The second-order valence-electron chi connectivity index (χ2n) is 5.35. The maximum Gasteiger partial charge on any atom is 0.243 e. The van der Waals surface area contributed by atoms with Crippen LogP contribution in [0.3, 0.4) is 0 Å². The van der Waals surface area contributed by atoms with Crippen molar-refractivity contribution in [2.24, 2.45) is 0 Å². The lowest BCUT2D eigenvalue weighted by Gasteiger charge is -2.31. The molecule has 1 aliphatic rings. The molecule has 0 aliphatic carbocycles. The van der Waals surface area contributed by atoms with Crippen molar-refractivity contribution in [3.8, 4) is 0 Å². The summed E-state index contributed by atoms with van der Waals surface area (Å²) in [5.41, 5.74) is 0.848. The highest BCUT2D eigenvalue weighted by Gasteiger charge is 2.32. The highest BCUT2D eigenvalue weighted by molar-refractivity contribution is 7.09. The van der Waals surface area contributed by atoms with E-state index in [2.05, 4.69) is 10.4 Å². The molecule has 7 heteroatoms. The van der Waals surface area contributed by atoms with Gasteiger partial charge in [-0.15, -0.1) is 11.3 Å². The number of aromatic nitrogens is 2. The van der Waals surface area contributed by atoms with Gasteiger partial charge in [-0.3, -0.25) is 14.5 Å². The zero-order valence-corrected chi connectivity index (χ0v) is 13.4. The van der Waals surface area contributed by atoms with Crippen LogP contribution in [0.2, 0.25) is 0 Å². The molecule has 2 aromatic heterocycles. The van der Waals surface area contributed by atoms with Crippen molar-refractivity contribution in [1.29, 1.82) is 0 Å². The van der Waals surface area contributed by atoms with E-state index in [0.29, 0.717) is 25.3 Å². The third kappa shape index (κ3) is 2.76. The third-order valence-corrected chi connectivity index (χ3v) is 4.59. The van der Waals surface area contributed by atoms with Gasteiger partial charge in [0.05, 0.1) is 18.8 Å². The van der Waals surface area contributed by atoms with Gasteiger partial charge in [-0.2, -0.15) is 5.10 Å². The lowest BCUT2D eigenvalue weighted by molar-refractivity contribution is -0.126. The molecule has 0 aromatic carbocycles. The average Bonchev–Trinajstić information content (AvgIpc) is 3.12. The van der Waals surface area contributed by atoms with Crippen LogP contribution < -0.4 is 10.2 Å². The fourth-order valence-corrected chi connectivity index (χ4v) is 3.25. The molecule has 116 valence electrons. The SMILES string of the molecule is Cc1cc2n(n1)CCC(=O)N2[C@H](C)C(=O)NCc1cccs1. The van der Waals surface area contributed by atoms with Gasteiger partial charge in [-0.25, -0.2) is 4.68 Å². The highest BCUT2D eigenvalue weighted by Crippen LogP contribution is 2.24. The molecule has 1 atom stereocenters. The number of carbonyl (C=O) groups excluding carboxylic acids is 2. The molecule has 2 amide bonds. The van der Waals surface area contributed by atoms with Crippen molar-refractivity contribution in [2.75, 3.05) is 4.90 Å². The van der Waals surface area contributed by atoms with Crippen LogP contribution in [0.25, 0.3) is 0 Å². The largest absolute Gasteiger partial charge is 0.349 e. The summed E-state index contributed by atoms with van der Waals surface area (Å²) in [6.07, 6.45) is 0.372. The Kier molecular flexibility index (Phi) is 3.98. The van der Waals surface area contributed by atoms with Gasteiger partial charge in [-0.1, -0.05) is 6.07 Å². The number of nitrogens with one attached hydrogen (secondary N) is 1. The van der Waals surface area contributed by atoms with Gasteiger partial charge >= 0.3 is 0 Å². The number of nitrogens with zero attached hydrogens (tertiary/aromatic N) is 3. The van der Waals surface area contributed by atoms with Crippen molar-refractivity contribution in [2.45, 2.75) is 39.4 Å². The quantitative estimate of drug-likeness (QED) is 0.933. The fourth-order valence-electron chi connectivity index (χ4n) is 2.61. The van der Waals surface area contributed by atoms with E-state index < -0.39 is 6.04 Å². The van der Waals surface area contributed by atoms with Crippen molar-refractivity contribution >= 4 is 29.0 Å². The van der Waals surface area contributed by atoms with Crippen LogP contribution in [0.4, 0.5) is 5.82 Å². The maximum absolute atomic E-state index is 12.4. The van der Waals surface area contributed by atoms with Crippen LogP contribution in [0, 0.1) is 6.92 Å². The molecule has 22 heavy (non-hydrogen) atoms. The van der Waals surface area contributed by atoms with E-state index in [0.717, 1.165) is 10.6 Å². The van der Waals surface area contributed by atoms with Gasteiger partial charge in [-0.05, 0) is 25.3 Å². The van der Waals surface area contributed by atoms with Gasteiger partial charge in [0.25, 0.3) is 0 Å². The Labute approximate surface area is 132 Å². The van der Waals surface area contributed by atoms with E-state index in [1.54, 1.807) is 27.8 Å². The van der Waals surface area contributed by atoms with E-state index in [-0.39, 0.29) is 11.8 Å². The number of hydrogen-bond acceptors (Lipinski definition) is 4. The first kappa shape index (κ1) is 14.8. The van der Waals surface area contributed by atoms with Gasteiger partial charge in [0.1, 0.15) is 11.9 Å². The van der Waals surface area contributed by atoms with Crippen molar-refractivity contribution in [3.05, 3.63) is 34.2 Å². The van der Waals surface area contributed by atoms with Crippen LogP contribution in [0.5, 0.6) is 0 Å². The van der Waals surface area contributed by atoms with Gasteiger partial charge in [0.2, 0.25) is 11.8 Å². The summed E-state index contributed by atoms with van der Waals surface area (Å²) in [7, 11) is 0. The number of anilines is 1. The number of hydrogen-bond donors (Lipinski definition) is 1. The van der Waals surface area contributed by atoms with E-state index >= 15 is 0 Å². The Morgan fingerprint density at radius 2 is 2.36 bits per heavy atom. The van der Waals surface area contributed by atoms with Gasteiger partial charge in [0.15, 0.2) is 0 Å². The first-order chi connectivity index (χ1) is 10.6. The molecule has 0 saturated carbocycles. The molecule has 1 aliphatic heterocycles. The van der Waals surface area contributed by atoms with Crippen LogP contribution in [0.1, 0.15) is 23.9 Å². The minimum atomic E-state index is -0.553. The predicted molar refractivity (Wildman–Crippen MR) is 84.7 cm³/mol. The Morgan fingerprint density at radius 3 is 3.09 bits per heavy atom. The topological polar surface area (TPSA) is 67.2 Å². The molecule has 3 rings (SSSR count). The summed E-state index contributed by atoms with van der Waals surface area (Å²) in [5.74, 6) is 0.507. The van der Waals surface area contributed by atoms with Crippen molar-refractivity contribution in [1.82, 2.24) is 15.1 Å². The number of carbonyl (C=O) groups is 2. The molecule has 1 N–H and O–H groups in total. The monoisotopic (exact) mass is 318 g/mol. The summed E-state index contributed by atoms with van der Waals surface area (Å²) in [6.45, 7) is 4.69. The van der Waals surface area contributed by atoms with Crippen molar-refractivity contribution < 1.29 is 9.59 Å². The molecule has 0 radical (unpaired) electrons. The molecule has 3 heterocycles. The molecular formula is C15H18N4O2S.